The molecule has 1 aliphatic rings. The van der Waals surface area contributed by atoms with Crippen molar-refractivity contribution in [3.8, 4) is 10.6 Å². The maximum atomic E-state index is 12.8. The van der Waals surface area contributed by atoms with Crippen LogP contribution < -0.4 is 4.90 Å². The number of non-ortho nitro benzene ring substituents is 1. The average Bonchev–Trinajstić information content (AvgIpc) is 3.37. The van der Waals surface area contributed by atoms with E-state index >= 15 is 0 Å². The number of nitro groups is 1. The third-order valence-corrected chi connectivity index (χ3v) is 6.12. The van der Waals surface area contributed by atoms with Gasteiger partial charge < -0.3 is 10.0 Å². The van der Waals surface area contributed by atoms with Crippen molar-refractivity contribution in [1.82, 2.24) is 4.98 Å². The fourth-order valence-electron chi connectivity index (χ4n) is 3.53. The first-order valence-corrected chi connectivity index (χ1v) is 10.1. The summed E-state index contributed by atoms with van der Waals surface area (Å²) in [5.41, 5.74) is 1.96. The van der Waals surface area contributed by atoms with Gasteiger partial charge in [-0.1, -0.05) is 30.3 Å². The molecule has 8 nitrogen and oxygen atoms in total. The summed E-state index contributed by atoms with van der Waals surface area (Å²) in [5.74, 6) is -1.80. The molecular formula is C21H17N3O5S. The van der Waals surface area contributed by atoms with Crippen LogP contribution >= 0.6 is 11.3 Å². The molecule has 30 heavy (non-hydrogen) atoms. The van der Waals surface area contributed by atoms with E-state index in [-0.39, 0.29) is 24.6 Å². The van der Waals surface area contributed by atoms with E-state index in [0.29, 0.717) is 28.2 Å². The molecule has 1 aromatic heterocycles. The minimum atomic E-state index is -0.943. The number of para-hydroxylation sites is 1. The van der Waals surface area contributed by atoms with E-state index < -0.39 is 16.8 Å². The minimum Gasteiger partial charge on any atom is -0.481 e. The molecule has 0 radical (unpaired) electrons. The second-order valence-electron chi connectivity index (χ2n) is 6.89. The highest BCUT2D eigenvalue weighted by molar-refractivity contribution is 7.15. The van der Waals surface area contributed by atoms with Crippen molar-refractivity contribution in [2.24, 2.45) is 0 Å². The van der Waals surface area contributed by atoms with Gasteiger partial charge in [0, 0.05) is 47.4 Å². The quantitative estimate of drug-likeness (QED) is 0.476. The van der Waals surface area contributed by atoms with E-state index in [1.165, 1.54) is 28.4 Å². The number of thiazole rings is 1. The van der Waals surface area contributed by atoms with Crippen molar-refractivity contribution in [3.05, 3.63) is 75.3 Å². The average molecular weight is 423 g/mol. The predicted molar refractivity (Wildman–Crippen MR) is 112 cm³/mol. The van der Waals surface area contributed by atoms with Crippen LogP contribution in [0.25, 0.3) is 10.6 Å². The van der Waals surface area contributed by atoms with E-state index in [9.17, 15) is 24.8 Å². The highest BCUT2D eigenvalue weighted by Crippen LogP contribution is 2.37. The van der Waals surface area contributed by atoms with Gasteiger partial charge in [0.25, 0.3) is 5.69 Å². The Bertz CT molecular complexity index is 1140. The van der Waals surface area contributed by atoms with Crippen molar-refractivity contribution in [2.75, 3.05) is 11.4 Å². The standard InChI is InChI=1S/C21H17N3O5S/c25-19(23-12-17(21(26)27)16-6-1-2-7-18(16)23)9-8-15-11-22-20(30-15)13-4-3-5-14(10-13)24(28)29/h1-7,10-11,17H,8-9,12H2,(H,26,27). The lowest BCUT2D eigenvalue weighted by Crippen LogP contribution is -2.31. The van der Waals surface area contributed by atoms with Crippen LogP contribution in [-0.2, 0) is 16.0 Å². The molecule has 4 rings (SSSR count). The number of aryl methyl sites for hydroxylation is 1. The summed E-state index contributed by atoms with van der Waals surface area (Å²) in [6.07, 6.45) is 2.35. The largest absolute Gasteiger partial charge is 0.481 e. The lowest BCUT2D eigenvalue weighted by molar-refractivity contribution is -0.384. The van der Waals surface area contributed by atoms with Crippen molar-refractivity contribution >= 4 is 34.6 Å². The zero-order valence-electron chi connectivity index (χ0n) is 15.7. The third-order valence-electron chi connectivity index (χ3n) is 5.01. The summed E-state index contributed by atoms with van der Waals surface area (Å²) in [7, 11) is 0. The molecule has 1 aliphatic heterocycles. The van der Waals surface area contributed by atoms with Crippen LogP contribution in [-0.4, -0.2) is 33.4 Å². The summed E-state index contributed by atoms with van der Waals surface area (Å²) in [4.78, 5) is 41.6. The smallest absolute Gasteiger partial charge is 0.312 e. The van der Waals surface area contributed by atoms with Crippen LogP contribution in [0.3, 0.4) is 0 Å². The maximum Gasteiger partial charge on any atom is 0.312 e. The van der Waals surface area contributed by atoms with E-state index in [1.54, 1.807) is 42.6 Å². The summed E-state index contributed by atoms with van der Waals surface area (Å²) in [6, 6.07) is 13.3. The van der Waals surface area contributed by atoms with Crippen LogP contribution in [0.4, 0.5) is 11.4 Å². The molecular weight excluding hydrogens is 406 g/mol. The summed E-state index contributed by atoms with van der Waals surface area (Å²) < 4.78 is 0. The number of anilines is 1. The van der Waals surface area contributed by atoms with Crippen molar-refractivity contribution in [2.45, 2.75) is 18.8 Å². The van der Waals surface area contributed by atoms with Gasteiger partial charge in [-0.3, -0.25) is 19.7 Å². The van der Waals surface area contributed by atoms with E-state index in [4.69, 9.17) is 0 Å². The van der Waals surface area contributed by atoms with Crippen LogP contribution in [0.5, 0.6) is 0 Å². The molecule has 2 aromatic carbocycles. The van der Waals surface area contributed by atoms with Crippen molar-refractivity contribution < 1.29 is 19.6 Å². The highest BCUT2D eigenvalue weighted by atomic mass is 32.1. The van der Waals surface area contributed by atoms with Gasteiger partial charge in [-0.2, -0.15) is 0 Å². The fraction of sp³-hybridized carbons (Fsp3) is 0.190. The van der Waals surface area contributed by atoms with Gasteiger partial charge in [-0.15, -0.1) is 11.3 Å². The molecule has 0 fully saturated rings. The Morgan fingerprint density at radius 1 is 1.23 bits per heavy atom. The number of nitrogens with zero attached hydrogens (tertiary/aromatic N) is 3. The summed E-state index contributed by atoms with van der Waals surface area (Å²) in [6.45, 7) is 0.134. The Morgan fingerprint density at radius 3 is 2.80 bits per heavy atom. The number of rotatable bonds is 6. The van der Waals surface area contributed by atoms with E-state index in [1.807, 2.05) is 0 Å². The number of hydrogen-bond acceptors (Lipinski definition) is 6. The Balaban J connectivity index is 1.45. The molecule has 0 saturated heterocycles. The van der Waals surface area contributed by atoms with Gasteiger partial charge in [0.1, 0.15) is 10.9 Å². The molecule has 0 spiro atoms. The van der Waals surface area contributed by atoms with E-state index in [2.05, 4.69) is 4.98 Å². The SMILES string of the molecule is O=C(O)C1CN(C(=O)CCc2cnc(-c3cccc([N+](=O)[O-])c3)s2)c2ccccc21. The number of carbonyl (C=O) groups excluding carboxylic acids is 1. The second kappa shape index (κ2) is 8.03. The maximum absolute atomic E-state index is 12.8. The number of amides is 1. The zero-order valence-corrected chi connectivity index (χ0v) is 16.5. The van der Waals surface area contributed by atoms with Gasteiger partial charge in [-0.05, 0) is 18.1 Å². The number of carboxylic acids is 1. The first-order valence-electron chi connectivity index (χ1n) is 9.25. The number of carboxylic acid groups (broad SMARTS) is 1. The first kappa shape index (κ1) is 19.7. The van der Waals surface area contributed by atoms with Gasteiger partial charge in [0.2, 0.25) is 5.91 Å². The number of aliphatic carboxylic acids is 1. The van der Waals surface area contributed by atoms with Crippen LogP contribution in [0.1, 0.15) is 22.8 Å². The van der Waals surface area contributed by atoms with Crippen LogP contribution in [0.15, 0.2) is 54.7 Å². The Morgan fingerprint density at radius 2 is 2.03 bits per heavy atom. The molecule has 0 bridgehead atoms. The summed E-state index contributed by atoms with van der Waals surface area (Å²) >= 11 is 1.38. The van der Waals surface area contributed by atoms with Crippen LogP contribution in [0, 0.1) is 10.1 Å². The molecule has 152 valence electrons. The normalized spacial score (nSPS) is 15.1. The lowest BCUT2D eigenvalue weighted by Gasteiger charge is -2.17. The Kier molecular flexibility index (Phi) is 5.28. The molecule has 1 atom stereocenters. The predicted octanol–water partition coefficient (Wildman–Crippen LogP) is 3.87. The lowest BCUT2D eigenvalue weighted by atomic mass is 10.0. The number of nitro benzene ring substituents is 1. The van der Waals surface area contributed by atoms with Gasteiger partial charge in [0.15, 0.2) is 0 Å². The zero-order chi connectivity index (χ0) is 21.3. The highest BCUT2D eigenvalue weighted by Gasteiger charge is 2.35. The Hall–Kier alpha value is -3.59. The molecule has 0 aliphatic carbocycles. The number of carbonyl (C=O) groups is 2. The first-order chi connectivity index (χ1) is 14.4. The molecule has 2 heterocycles. The molecule has 1 unspecified atom stereocenters. The van der Waals surface area contributed by atoms with Gasteiger partial charge in [0.05, 0.1) is 4.92 Å². The summed E-state index contributed by atoms with van der Waals surface area (Å²) in [5, 5.41) is 21.1. The number of benzene rings is 2. The fourth-order valence-corrected chi connectivity index (χ4v) is 4.44. The second-order valence-corrected chi connectivity index (χ2v) is 8.01. The number of aromatic nitrogens is 1. The van der Waals surface area contributed by atoms with Gasteiger partial charge in [-0.25, -0.2) is 4.98 Å². The topological polar surface area (TPSA) is 114 Å². The third kappa shape index (κ3) is 3.79. The monoisotopic (exact) mass is 423 g/mol. The molecule has 9 heteroatoms. The molecule has 3 aromatic rings. The van der Waals surface area contributed by atoms with E-state index in [0.717, 1.165) is 4.88 Å². The van der Waals surface area contributed by atoms with Crippen molar-refractivity contribution in [1.29, 1.82) is 0 Å². The number of fused-ring (bicyclic) bond motifs is 1. The van der Waals surface area contributed by atoms with Crippen LogP contribution in [0.2, 0.25) is 0 Å². The minimum absolute atomic E-state index is 0.000103. The molecule has 0 saturated carbocycles. The van der Waals surface area contributed by atoms with Gasteiger partial charge >= 0.3 is 5.97 Å². The Labute approximate surface area is 175 Å². The number of hydrogen-bond donors (Lipinski definition) is 1. The molecule has 1 amide bonds. The molecule has 1 N–H and O–H groups in total. The van der Waals surface area contributed by atoms with Crippen molar-refractivity contribution in [3.63, 3.8) is 0 Å².